The van der Waals surface area contributed by atoms with Crippen LogP contribution in [0.2, 0.25) is 0 Å². The van der Waals surface area contributed by atoms with Gasteiger partial charge < -0.3 is 10.1 Å². The van der Waals surface area contributed by atoms with Crippen LogP contribution in [0.25, 0.3) is 0 Å². The number of thioether (sulfide) groups is 1. The monoisotopic (exact) mass is 281 g/mol. The van der Waals surface area contributed by atoms with E-state index in [9.17, 15) is 0 Å². The van der Waals surface area contributed by atoms with E-state index in [2.05, 4.69) is 50.4 Å². The van der Waals surface area contributed by atoms with E-state index in [4.69, 9.17) is 4.74 Å². The molecular weight excluding hydrogens is 254 g/mol. The second-order valence-electron chi connectivity index (χ2n) is 5.05. The lowest BCUT2D eigenvalue weighted by molar-refractivity contribution is 0.172. The molecule has 0 spiro atoms. The lowest BCUT2D eigenvalue weighted by Crippen LogP contribution is -2.37. The average Bonchev–Trinajstić information content (AvgIpc) is 2.41. The Hall–Kier alpha value is -0.510. The van der Waals surface area contributed by atoms with Gasteiger partial charge in [-0.1, -0.05) is 31.5 Å². The molecule has 0 radical (unpaired) electrons. The van der Waals surface area contributed by atoms with Crippen LogP contribution in [0, 0.1) is 12.8 Å². The van der Waals surface area contributed by atoms with Crippen LogP contribution in [0.4, 0.5) is 0 Å². The second-order valence-corrected chi connectivity index (χ2v) is 6.14. The van der Waals surface area contributed by atoms with Crippen LogP contribution in [0.15, 0.2) is 29.2 Å². The van der Waals surface area contributed by atoms with Gasteiger partial charge in [0.15, 0.2) is 0 Å². The summed E-state index contributed by atoms with van der Waals surface area (Å²) in [6.45, 7) is 8.50. The standard InChI is InChI=1S/C16H27NOS/c1-5-17-16(14(3)9-10-18-4)12-19-15-8-6-7-13(2)11-15/h6-8,11,14,16-17H,5,9-10,12H2,1-4H3. The molecule has 0 saturated carbocycles. The molecule has 0 fully saturated rings. The largest absolute Gasteiger partial charge is 0.385 e. The number of hydrogen-bond acceptors (Lipinski definition) is 3. The molecule has 0 aromatic heterocycles. The van der Waals surface area contributed by atoms with Crippen LogP contribution in [0.1, 0.15) is 25.8 Å². The van der Waals surface area contributed by atoms with E-state index in [0.717, 1.165) is 25.3 Å². The molecule has 1 rings (SSSR count). The van der Waals surface area contributed by atoms with Gasteiger partial charge in [0, 0.05) is 30.4 Å². The van der Waals surface area contributed by atoms with E-state index in [0.29, 0.717) is 12.0 Å². The Kier molecular flexibility index (Phi) is 8.19. The topological polar surface area (TPSA) is 21.3 Å². The van der Waals surface area contributed by atoms with Crippen molar-refractivity contribution in [3.8, 4) is 0 Å². The van der Waals surface area contributed by atoms with Crippen LogP contribution in [-0.2, 0) is 4.74 Å². The first-order valence-corrected chi connectivity index (χ1v) is 8.07. The van der Waals surface area contributed by atoms with Gasteiger partial charge in [-0.2, -0.15) is 0 Å². The summed E-state index contributed by atoms with van der Waals surface area (Å²) in [5.41, 5.74) is 1.33. The van der Waals surface area contributed by atoms with Crippen LogP contribution >= 0.6 is 11.8 Å². The van der Waals surface area contributed by atoms with Gasteiger partial charge in [0.2, 0.25) is 0 Å². The van der Waals surface area contributed by atoms with Gasteiger partial charge in [-0.15, -0.1) is 11.8 Å². The zero-order valence-electron chi connectivity index (χ0n) is 12.6. The summed E-state index contributed by atoms with van der Waals surface area (Å²) >= 11 is 1.94. The van der Waals surface area contributed by atoms with Crippen LogP contribution in [-0.4, -0.2) is 32.1 Å². The van der Waals surface area contributed by atoms with Gasteiger partial charge in [-0.25, -0.2) is 0 Å². The molecular formula is C16H27NOS. The van der Waals surface area contributed by atoms with E-state index < -0.39 is 0 Å². The van der Waals surface area contributed by atoms with Crippen molar-refractivity contribution in [3.63, 3.8) is 0 Å². The SMILES string of the molecule is CCNC(CSc1cccc(C)c1)C(C)CCOC. The van der Waals surface area contributed by atoms with Crippen molar-refractivity contribution >= 4 is 11.8 Å². The summed E-state index contributed by atoms with van der Waals surface area (Å²) in [6.07, 6.45) is 1.11. The van der Waals surface area contributed by atoms with Crippen molar-refractivity contribution in [1.82, 2.24) is 5.32 Å². The van der Waals surface area contributed by atoms with E-state index in [1.54, 1.807) is 7.11 Å². The van der Waals surface area contributed by atoms with Crippen molar-refractivity contribution in [3.05, 3.63) is 29.8 Å². The third-order valence-electron chi connectivity index (χ3n) is 3.35. The molecule has 0 saturated heterocycles. The third-order valence-corrected chi connectivity index (χ3v) is 4.46. The minimum absolute atomic E-state index is 0.547. The number of ether oxygens (including phenoxy) is 1. The van der Waals surface area contributed by atoms with Gasteiger partial charge in [0.25, 0.3) is 0 Å². The zero-order chi connectivity index (χ0) is 14.1. The lowest BCUT2D eigenvalue weighted by atomic mass is 10.0. The summed E-state index contributed by atoms with van der Waals surface area (Å²) in [5, 5.41) is 3.60. The van der Waals surface area contributed by atoms with Crippen molar-refractivity contribution in [2.24, 2.45) is 5.92 Å². The Morgan fingerprint density at radius 2 is 2.16 bits per heavy atom. The second kappa shape index (κ2) is 9.40. The van der Waals surface area contributed by atoms with Gasteiger partial charge in [0.05, 0.1) is 0 Å². The molecule has 0 aliphatic heterocycles. The highest BCUT2D eigenvalue weighted by atomic mass is 32.2. The predicted octanol–water partition coefficient (Wildman–Crippen LogP) is 3.74. The third kappa shape index (κ3) is 6.46. The lowest BCUT2D eigenvalue weighted by Gasteiger charge is -2.24. The van der Waals surface area contributed by atoms with Crippen molar-refractivity contribution in [1.29, 1.82) is 0 Å². The maximum Gasteiger partial charge on any atom is 0.0465 e. The Morgan fingerprint density at radius 1 is 1.37 bits per heavy atom. The minimum atomic E-state index is 0.547. The zero-order valence-corrected chi connectivity index (χ0v) is 13.4. The van der Waals surface area contributed by atoms with E-state index in [1.165, 1.54) is 10.5 Å². The Labute approximate surface area is 122 Å². The first-order chi connectivity index (χ1) is 9.17. The number of hydrogen-bond donors (Lipinski definition) is 1. The molecule has 0 aliphatic rings. The molecule has 19 heavy (non-hydrogen) atoms. The van der Waals surface area contributed by atoms with Crippen LogP contribution in [0.3, 0.4) is 0 Å². The summed E-state index contributed by atoms with van der Waals surface area (Å²) in [7, 11) is 1.77. The fourth-order valence-electron chi connectivity index (χ4n) is 2.08. The number of methoxy groups -OCH3 is 1. The Balaban J connectivity index is 2.48. The van der Waals surface area contributed by atoms with Gasteiger partial charge >= 0.3 is 0 Å². The molecule has 0 aliphatic carbocycles. The van der Waals surface area contributed by atoms with Gasteiger partial charge in [-0.3, -0.25) is 0 Å². The highest BCUT2D eigenvalue weighted by Gasteiger charge is 2.16. The fraction of sp³-hybridized carbons (Fsp3) is 0.625. The molecule has 0 amide bonds. The first-order valence-electron chi connectivity index (χ1n) is 7.09. The van der Waals surface area contributed by atoms with Crippen molar-refractivity contribution < 1.29 is 4.74 Å². The normalized spacial score (nSPS) is 14.3. The van der Waals surface area contributed by atoms with Gasteiger partial charge in [0.1, 0.15) is 0 Å². The quantitative estimate of drug-likeness (QED) is 0.697. The van der Waals surface area contributed by atoms with E-state index >= 15 is 0 Å². The van der Waals surface area contributed by atoms with Crippen LogP contribution in [0.5, 0.6) is 0 Å². The summed E-state index contributed by atoms with van der Waals surface area (Å²) < 4.78 is 5.18. The molecule has 1 aromatic rings. The highest BCUT2D eigenvalue weighted by molar-refractivity contribution is 7.99. The molecule has 0 heterocycles. The highest BCUT2D eigenvalue weighted by Crippen LogP contribution is 2.22. The predicted molar refractivity (Wildman–Crippen MR) is 85.0 cm³/mol. The summed E-state index contributed by atoms with van der Waals surface area (Å²) in [6, 6.07) is 9.28. The number of rotatable bonds is 9. The first kappa shape index (κ1) is 16.5. The maximum absolute atomic E-state index is 5.18. The molecule has 3 heteroatoms. The molecule has 108 valence electrons. The van der Waals surface area contributed by atoms with E-state index in [-0.39, 0.29) is 0 Å². The number of nitrogens with one attached hydrogen (secondary N) is 1. The average molecular weight is 281 g/mol. The van der Waals surface area contributed by atoms with Gasteiger partial charge in [-0.05, 0) is 37.9 Å². The fourth-order valence-corrected chi connectivity index (χ4v) is 3.35. The number of aryl methyl sites for hydroxylation is 1. The summed E-state index contributed by atoms with van der Waals surface area (Å²) in [5.74, 6) is 1.75. The van der Waals surface area contributed by atoms with Crippen LogP contribution < -0.4 is 5.32 Å². The molecule has 2 unspecified atom stereocenters. The Bertz CT molecular complexity index is 356. The maximum atomic E-state index is 5.18. The van der Waals surface area contributed by atoms with Crippen molar-refractivity contribution in [2.45, 2.75) is 38.1 Å². The molecule has 2 nitrogen and oxygen atoms in total. The molecule has 2 atom stereocenters. The minimum Gasteiger partial charge on any atom is -0.385 e. The molecule has 1 aromatic carbocycles. The van der Waals surface area contributed by atoms with Crippen molar-refractivity contribution in [2.75, 3.05) is 26.0 Å². The number of benzene rings is 1. The Morgan fingerprint density at radius 3 is 2.79 bits per heavy atom. The molecule has 0 bridgehead atoms. The molecule has 1 N–H and O–H groups in total. The van der Waals surface area contributed by atoms with E-state index in [1.807, 2.05) is 11.8 Å². The smallest absolute Gasteiger partial charge is 0.0465 e. The summed E-state index contributed by atoms with van der Waals surface area (Å²) in [4.78, 5) is 1.36.